The first-order chi connectivity index (χ1) is 13.0. The van der Waals surface area contributed by atoms with Crippen LogP contribution in [-0.4, -0.2) is 16.2 Å². The lowest BCUT2D eigenvalue weighted by molar-refractivity contribution is -0.0791. The molecule has 0 aliphatic heterocycles. The normalized spacial score (nSPS) is 11.0. The van der Waals surface area contributed by atoms with Gasteiger partial charge in [-0.15, -0.1) is 0 Å². The van der Waals surface area contributed by atoms with Crippen molar-refractivity contribution in [3.8, 4) is 11.5 Å². The van der Waals surface area contributed by atoms with Crippen LogP contribution in [0, 0.1) is 5.82 Å². The van der Waals surface area contributed by atoms with E-state index in [2.05, 4.69) is 18.8 Å². The third kappa shape index (κ3) is 6.67. The van der Waals surface area contributed by atoms with Crippen molar-refractivity contribution in [2.75, 3.05) is 0 Å². The molecule has 0 amide bonds. The van der Waals surface area contributed by atoms with Gasteiger partial charge in [-0.05, 0) is 36.8 Å². The van der Waals surface area contributed by atoms with Gasteiger partial charge in [-0.2, -0.15) is 0 Å². The average Bonchev–Trinajstić information content (AvgIpc) is 2.67. The molecule has 4 nitrogen and oxygen atoms in total. The Hall–Kier alpha value is -1.85. The molecule has 0 unspecified atom stereocenters. The molecule has 0 atom stereocenters. The first-order valence-electron chi connectivity index (χ1n) is 10.1. The van der Waals surface area contributed by atoms with Crippen molar-refractivity contribution in [1.82, 2.24) is 0 Å². The molecule has 0 aliphatic rings. The Kier molecular flexibility index (Phi) is 10.8. The molecule has 1 rings (SSSR count). The van der Waals surface area contributed by atoms with Gasteiger partial charge < -0.3 is 10.2 Å². The van der Waals surface area contributed by atoms with Crippen LogP contribution in [-0.2, 0) is 17.8 Å². The fraction of sp³-hybridized carbons (Fsp3) is 0.667. The Labute approximate surface area is 160 Å². The van der Waals surface area contributed by atoms with E-state index in [0.717, 1.165) is 51.4 Å². The molecular formula is C21H32F2O4. The first-order valence-corrected chi connectivity index (χ1v) is 10.1. The Morgan fingerprint density at radius 2 is 1.30 bits per heavy atom. The highest BCUT2D eigenvalue weighted by Crippen LogP contribution is 2.39. The Balaban J connectivity index is 3.11. The SMILES string of the molecule is CCCCCCCc1c(F)c(O)c(O)c(C(=O)OF)c1CCCCCCC. The summed E-state index contributed by atoms with van der Waals surface area (Å²) in [6.07, 6.45) is 10.2. The minimum Gasteiger partial charge on any atom is -0.504 e. The molecule has 0 saturated carbocycles. The summed E-state index contributed by atoms with van der Waals surface area (Å²) >= 11 is 0. The summed E-state index contributed by atoms with van der Waals surface area (Å²) in [5, 5.41) is 19.9. The van der Waals surface area contributed by atoms with Crippen molar-refractivity contribution in [3.63, 3.8) is 0 Å². The fourth-order valence-corrected chi connectivity index (χ4v) is 3.40. The summed E-state index contributed by atoms with van der Waals surface area (Å²) in [6.45, 7) is 4.20. The minimum atomic E-state index is -1.40. The summed E-state index contributed by atoms with van der Waals surface area (Å²) in [6, 6.07) is 0. The molecule has 0 bridgehead atoms. The largest absolute Gasteiger partial charge is 0.504 e. The number of rotatable bonds is 13. The minimum absolute atomic E-state index is 0.178. The van der Waals surface area contributed by atoms with Crippen LogP contribution < -0.4 is 0 Å². The monoisotopic (exact) mass is 386 g/mol. The smallest absolute Gasteiger partial charge is 0.383 e. The molecule has 0 aromatic heterocycles. The van der Waals surface area contributed by atoms with Crippen LogP contribution >= 0.6 is 0 Å². The summed E-state index contributed by atoms with van der Waals surface area (Å²) in [4.78, 5) is 15.1. The van der Waals surface area contributed by atoms with Crippen LogP contribution in [0.4, 0.5) is 8.92 Å². The Bertz CT molecular complexity index is 603. The van der Waals surface area contributed by atoms with Gasteiger partial charge >= 0.3 is 5.97 Å². The molecule has 0 radical (unpaired) electrons. The quantitative estimate of drug-likeness (QED) is 0.308. The molecule has 1 aromatic rings. The van der Waals surface area contributed by atoms with Crippen molar-refractivity contribution < 1.29 is 28.9 Å². The highest BCUT2D eigenvalue weighted by Gasteiger charge is 2.28. The molecular weight excluding hydrogens is 354 g/mol. The number of phenolic OH excluding ortho intramolecular Hbond substituents is 2. The van der Waals surface area contributed by atoms with Crippen LogP contribution in [0.5, 0.6) is 11.5 Å². The molecule has 0 aliphatic carbocycles. The molecule has 27 heavy (non-hydrogen) atoms. The lowest BCUT2D eigenvalue weighted by Gasteiger charge is -2.17. The van der Waals surface area contributed by atoms with Gasteiger partial charge in [0.1, 0.15) is 5.56 Å². The summed E-state index contributed by atoms with van der Waals surface area (Å²) in [5.41, 5.74) is -0.0365. The fourth-order valence-electron chi connectivity index (χ4n) is 3.40. The second-order valence-electron chi connectivity index (χ2n) is 7.04. The number of hydrogen-bond donors (Lipinski definition) is 2. The first kappa shape index (κ1) is 23.2. The topological polar surface area (TPSA) is 66.8 Å². The number of hydrogen-bond acceptors (Lipinski definition) is 4. The van der Waals surface area contributed by atoms with E-state index in [1.54, 1.807) is 0 Å². The van der Waals surface area contributed by atoms with E-state index in [4.69, 9.17) is 0 Å². The van der Waals surface area contributed by atoms with Crippen molar-refractivity contribution in [3.05, 3.63) is 22.5 Å². The second-order valence-corrected chi connectivity index (χ2v) is 7.04. The zero-order valence-corrected chi connectivity index (χ0v) is 16.5. The van der Waals surface area contributed by atoms with E-state index in [-0.39, 0.29) is 11.1 Å². The van der Waals surface area contributed by atoms with Crippen molar-refractivity contribution >= 4 is 5.97 Å². The van der Waals surface area contributed by atoms with Gasteiger partial charge in [-0.1, -0.05) is 65.2 Å². The predicted octanol–water partition coefficient (Wildman–Crippen LogP) is 6.30. The maximum atomic E-state index is 14.6. The van der Waals surface area contributed by atoms with Crippen molar-refractivity contribution in [2.24, 2.45) is 0 Å². The van der Waals surface area contributed by atoms with Crippen LogP contribution in [0.15, 0.2) is 0 Å². The number of carbonyl (C=O) groups excluding carboxylic acids is 1. The lowest BCUT2D eigenvalue weighted by Crippen LogP contribution is -2.11. The van der Waals surface area contributed by atoms with Gasteiger partial charge in [0.2, 0.25) is 0 Å². The van der Waals surface area contributed by atoms with Crippen LogP contribution in [0.25, 0.3) is 0 Å². The van der Waals surface area contributed by atoms with Crippen LogP contribution in [0.2, 0.25) is 0 Å². The number of benzene rings is 1. The second kappa shape index (κ2) is 12.5. The van der Waals surface area contributed by atoms with Crippen molar-refractivity contribution in [2.45, 2.75) is 90.9 Å². The number of carbonyl (C=O) groups is 1. The zero-order valence-electron chi connectivity index (χ0n) is 16.5. The van der Waals surface area contributed by atoms with E-state index in [1.165, 1.54) is 0 Å². The Morgan fingerprint density at radius 1 is 0.815 bits per heavy atom. The van der Waals surface area contributed by atoms with Gasteiger partial charge in [0, 0.05) is 4.53 Å². The molecule has 154 valence electrons. The maximum absolute atomic E-state index is 14.6. The van der Waals surface area contributed by atoms with E-state index in [1.807, 2.05) is 0 Å². The zero-order chi connectivity index (χ0) is 20.2. The Morgan fingerprint density at radius 3 is 1.78 bits per heavy atom. The van der Waals surface area contributed by atoms with Crippen molar-refractivity contribution in [1.29, 1.82) is 0 Å². The molecule has 0 fully saturated rings. The molecule has 0 heterocycles. The van der Waals surface area contributed by atoms with Gasteiger partial charge in [-0.25, -0.2) is 14.1 Å². The molecule has 2 N–H and O–H groups in total. The van der Waals surface area contributed by atoms with Crippen LogP contribution in [0.1, 0.15) is 99.5 Å². The highest BCUT2D eigenvalue weighted by atomic mass is 19.3. The summed E-state index contributed by atoms with van der Waals surface area (Å²) < 4.78 is 27.2. The van der Waals surface area contributed by atoms with E-state index in [9.17, 15) is 23.9 Å². The van der Waals surface area contributed by atoms with Crippen LogP contribution in [0.3, 0.4) is 0 Å². The predicted molar refractivity (Wildman–Crippen MR) is 101 cm³/mol. The van der Waals surface area contributed by atoms with Gasteiger partial charge in [-0.3, -0.25) is 0 Å². The lowest BCUT2D eigenvalue weighted by atomic mass is 9.90. The average molecular weight is 386 g/mol. The van der Waals surface area contributed by atoms with Gasteiger partial charge in [0.25, 0.3) is 0 Å². The molecule has 0 saturated heterocycles. The number of unbranched alkanes of at least 4 members (excludes halogenated alkanes) is 8. The number of aromatic hydroxyl groups is 2. The molecule has 1 aromatic carbocycles. The number of phenols is 2. The highest BCUT2D eigenvalue weighted by molar-refractivity contribution is 5.95. The molecule has 0 spiro atoms. The van der Waals surface area contributed by atoms with Gasteiger partial charge in [0.15, 0.2) is 17.3 Å². The van der Waals surface area contributed by atoms with E-state index >= 15 is 0 Å². The van der Waals surface area contributed by atoms with Gasteiger partial charge in [0.05, 0.1) is 0 Å². The van der Waals surface area contributed by atoms with E-state index < -0.39 is 28.8 Å². The third-order valence-electron chi connectivity index (χ3n) is 4.93. The molecule has 6 heteroatoms. The summed E-state index contributed by atoms with van der Waals surface area (Å²) in [7, 11) is 0. The standard InChI is InChI=1S/C21H32F2O4/c1-3-5-7-9-11-13-15-16(14-12-10-8-6-4-2)18(22)20(25)19(24)17(15)21(26)27-23/h24-25H,3-14H2,1-2H3. The number of halogens is 2. The third-order valence-corrected chi connectivity index (χ3v) is 4.93. The summed E-state index contributed by atoms with van der Waals surface area (Å²) in [5.74, 6) is -4.30. The van der Waals surface area contributed by atoms with E-state index in [0.29, 0.717) is 25.7 Å². The maximum Gasteiger partial charge on any atom is 0.383 e.